The summed E-state index contributed by atoms with van der Waals surface area (Å²) in [6, 6.07) is 5.99. The van der Waals surface area contributed by atoms with Gasteiger partial charge in [-0.05, 0) is 24.6 Å². The number of hydrogen-bond acceptors (Lipinski definition) is 2. The van der Waals surface area contributed by atoms with E-state index in [2.05, 4.69) is 0 Å². The van der Waals surface area contributed by atoms with Gasteiger partial charge in [-0.2, -0.15) is 13.2 Å². The Balaban J connectivity index is 2.65. The van der Waals surface area contributed by atoms with Gasteiger partial charge in [-0.3, -0.25) is 4.79 Å². The van der Waals surface area contributed by atoms with Crippen molar-refractivity contribution in [3.63, 3.8) is 0 Å². The first-order valence-corrected chi connectivity index (χ1v) is 4.75. The van der Waals surface area contributed by atoms with Gasteiger partial charge in [0.25, 0.3) is 0 Å². The maximum atomic E-state index is 12.0. The lowest BCUT2D eigenvalue weighted by Crippen LogP contribution is -2.24. The van der Waals surface area contributed by atoms with Gasteiger partial charge in [-0.1, -0.05) is 12.1 Å². The van der Waals surface area contributed by atoms with Crippen LogP contribution in [0, 0.1) is 0 Å². The lowest BCUT2D eigenvalue weighted by atomic mass is 10.1. The highest BCUT2D eigenvalue weighted by Gasteiger charge is 2.37. The van der Waals surface area contributed by atoms with Gasteiger partial charge in [0.05, 0.1) is 6.61 Å². The maximum Gasteiger partial charge on any atom is 0.450 e. The molecule has 0 saturated heterocycles. The van der Waals surface area contributed by atoms with Crippen molar-refractivity contribution in [2.24, 2.45) is 0 Å². The molecule has 0 aliphatic carbocycles. The van der Waals surface area contributed by atoms with E-state index in [0.717, 1.165) is 0 Å². The van der Waals surface area contributed by atoms with Crippen LogP contribution in [-0.2, 0) is 11.2 Å². The lowest BCUT2D eigenvalue weighted by molar-refractivity contribution is -0.170. The zero-order chi connectivity index (χ0) is 12.2. The van der Waals surface area contributed by atoms with Crippen molar-refractivity contribution in [1.29, 1.82) is 0 Å². The van der Waals surface area contributed by atoms with E-state index in [4.69, 9.17) is 4.74 Å². The fraction of sp³-hybridized carbons (Fsp3) is 0.364. The van der Waals surface area contributed by atoms with E-state index in [9.17, 15) is 18.0 Å². The molecule has 0 bridgehead atoms. The molecule has 16 heavy (non-hydrogen) atoms. The van der Waals surface area contributed by atoms with Gasteiger partial charge in [0, 0.05) is 6.42 Å². The third kappa shape index (κ3) is 3.56. The van der Waals surface area contributed by atoms with E-state index in [-0.39, 0.29) is 0 Å². The zero-order valence-corrected chi connectivity index (χ0v) is 8.67. The van der Waals surface area contributed by atoms with Crippen LogP contribution in [0.3, 0.4) is 0 Å². The number of Topliss-reactive ketones (excluding diaryl/α,β-unsaturated/α-hetero) is 1. The lowest BCUT2D eigenvalue weighted by Gasteiger charge is -2.06. The third-order valence-electron chi connectivity index (χ3n) is 1.92. The second-order valence-electron chi connectivity index (χ2n) is 3.17. The molecule has 0 aromatic heterocycles. The molecular formula is C11H11F3O2. The van der Waals surface area contributed by atoms with Gasteiger partial charge in [0.1, 0.15) is 5.75 Å². The molecule has 0 unspecified atom stereocenters. The molecule has 2 nitrogen and oxygen atoms in total. The van der Waals surface area contributed by atoms with Crippen LogP contribution in [0.2, 0.25) is 0 Å². The molecule has 0 saturated carbocycles. The minimum atomic E-state index is -4.77. The van der Waals surface area contributed by atoms with Crippen LogP contribution in [0.25, 0.3) is 0 Å². The summed E-state index contributed by atoms with van der Waals surface area (Å²) in [6.07, 6.45) is -5.39. The highest BCUT2D eigenvalue weighted by molar-refractivity contribution is 5.86. The van der Waals surface area contributed by atoms with Crippen LogP contribution < -0.4 is 4.74 Å². The molecule has 0 aliphatic heterocycles. The summed E-state index contributed by atoms with van der Waals surface area (Å²) in [5, 5.41) is 0. The molecule has 5 heteroatoms. The quantitative estimate of drug-likeness (QED) is 0.797. The number of ketones is 1. The SMILES string of the molecule is CCOc1ccc(CC(=O)C(F)(F)F)cc1. The van der Waals surface area contributed by atoms with Crippen molar-refractivity contribution in [3.8, 4) is 5.75 Å². The van der Waals surface area contributed by atoms with Crippen molar-refractivity contribution < 1.29 is 22.7 Å². The second kappa shape index (κ2) is 5.01. The smallest absolute Gasteiger partial charge is 0.450 e. The zero-order valence-electron chi connectivity index (χ0n) is 8.67. The fourth-order valence-electron chi connectivity index (χ4n) is 1.16. The number of carbonyl (C=O) groups is 1. The molecule has 0 heterocycles. The molecule has 1 aromatic carbocycles. The van der Waals surface area contributed by atoms with Crippen molar-refractivity contribution in [1.82, 2.24) is 0 Å². The average Bonchev–Trinajstić information content (AvgIpc) is 2.20. The number of halogens is 3. The van der Waals surface area contributed by atoms with Crippen LogP contribution >= 0.6 is 0 Å². The van der Waals surface area contributed by atoms with Gasteiger partial charge in [0.2, 0.25) is 5.78 Å². The Morgan fingerprint density at radius 1 is 1.25 bits per heavy atom. The Morgan fingerprint density at radius 2 is 1.81 bits per heavy atom. The van der Waals surface area contributed by atoms with Gasteiger partial charge in [-0.25, -0.2) is 0 Å². The van der Waals surface area contributed by atoms with Crippen LogP contribution in [0.4, 0.5) is 13.2 Å². The van der Waals surface area contributed by atoms with E-state index < -0.39 is 18.4 Å². The van der Waals surface area contributed by atoms with E-state index in [1.54, 1.807) is 19.1 Å². The molecule has 1 rings (SSSR count). The highest BCUT2D eigenvalue weighted by Crippen LogP contribution is 2.20. The Morgan fingerprint density at radius 3 is 2.25 bits per heavy atom. The summed E-state index contributed by atoms with van der Waals surface area (Å²) in [7, 11) is 0. The molecular weight excluding hydrogens is 221 g/mol. The number of ether oxygens (including phenoxy) is 1. The maximum absolute atomic E-state index is 12.0. The Labute approximate surface area is 91.0 Å². The summed E-state index contributed by atoms with van der Waals surface area (Å²) in [6.45, 7) is 2.29. The minimum Gasteiger partial charge on any atom is -0.494 e. The molecule has 0 aliphatic rings. The second-order valence-corrected chi connectivity index (χ2v) is 3.17. The first-order chi connectivity index (χ1) is 7.43. The van der Waals surface area contributed by atoms with E-state index in [1.165, 1.54) is 12.1 Å². The summed E-state index contributed by atoms with van der Waals surface area (Å²) >= 11 is 0. The monoisotopic (exact) mass is 232 g/mol. The number of alkyl halides is 3. The third-order valence-corrected chi connectivity index (χ3v) is 1.92. The van der Waals surface area contributed by atoms with Gasteiger partial charge in [-0.15, -0.1) is 0 Å². The number of carbonyl (C=O) groups excluding carboxylic acids is 1. The molecule has 88 valence electrons. The van der Waals surface area contributed by atoms with Crippen molar-refractivity contribution in [3.05, 3.63) is 29.8 Å². The first-order valence-electron chi connectivity index (χ1n) is 4.75. The van der Waals surface area contributed by atoms with Crippen LogP contribution in [0.15, 0.2) is 24.3 Å². The predicted molar refractivity (Wildman–Crippen MR) is 52.4 cm³/mol. The van der Waals surface area contributed by atoms with E-state index in [1.807, 2.05) is 0 Å². The summed E-state index contributed by atoms with van der Waals surface area (Å²) < 4.78 is 41.0. The van der Waals surface area contributed by atoms with Crippen molar-refractivity contribution in [2.45, 2.75) is 19.5 Å². The minimum absolute atomic E-state index is 0.325. The van der Waals surface area contributed by atoms with E-state index in [0.29, 0.717) is 17.9 Å². The first kappa shape index (κ1) is 12.5. The van der Waals surface area contributed by atoms with Crippen LogP contribution in [0.5, 0.6) is 5.75 Å². The standard InChI is InChI=1S/C11H11F3O2/c1-2-16-9-5-3-8(4-6-9)7-10(15)11(12,13)14/h3-6H,2,7H2,1H3. The Bertz CT molecular complexity index is 354. The topological polar surface area (TPSA) is 26.3 Å². The van der Waals surface area contributed by atoms with E-state index >= 15 is 0 Å². The normalized spacial score (nSPS) is 11.2. The number of hydrogen-bond donors (Lipinski definition) is 0. The van der Waals surface area contributed by atoms with Crippen LogP contribution in [0.1, 0.15) is 12.5 Å². The summed E-state index contributed by atoms with van der Waals surface area (Å²) in [5.41, 5.74) is 0.325. The fourth-order valence-corrected chi connectivity index (χ4v) is 1.16. The Hall–Kier alpha value is -1.52. The largest absolute Gasteiger partial charge is 0.494 e. The molecule has 1 aromatic rings. The molecule has 0 radical (unpaired) electrons. The number of rotatable bonds is 4. The molecule has 0 fully saturated rings. The number of benzene rings is 1. The molecule has 0 amide bonds. The van der Waals surface area contributed by atoms with Crippen LogP contribution in [-0.4, -0.2) is 18.6 Å². The van der Waals surface area contributed by atoms with Gasteiger partial charge < -0.3 is 4.74 Å². The molecule has 0 atom stereocenters. The molecule has 0 N–H and O–H groups in total. The van der Waals surface area contributed by atoms with Gasteiger partial charge in [0.15, 0.2) is 0 Å². The van der Waals surface area contributed by atoms with Crippen molar-refractivity contribution in [2.75, 3.05) is 6.61 Å². The average molecular weight is 232 g/mol. The molecule has 0 spiro atoms. The highest BCUT2D eigenvalue weighted by atomic mass is 19.4. The summed E-state index contributed by atoms with van der Waals surface area (Å²) in [4.78, 5) is 10.7. The Kier molecular flexibility index (Phi) is 3.93. The predicted octanol–water partition coefficient (Wildman–Crippen LogP) is 2.76. The van der Waals surface area contributed by atoms with Gasteiger partial charge >= 0.3 is 6.18 Å². The summed E-state index contributed by atoms with van der Waals surface area (Å²) in [5.74, 6) is -1.16. The van der Waals surface area contributed by atoms with Crippen molar-refractivity contribution >= 4 is 5.78 Å².